The number of phenolic OH excluding ortho intramolecular Hbond substituents is 1. The highest BCUT2D eigenvalue weighted by Crippen LogP contribution is 2.31. The van der Waals surface area contributed by atoms with Crippen molar-refractivity contribution in [2.75, 3.05) is 6.54 Å². The highest BCUT2D eigenvalue weighted by molar-refractivity contribution is 5.68. The zero-order valence-electron chi connectivity index (χ0n) is 16.3. The normalized spacial score (nSPS) is 15.6. The maximum atomic E-state index is 12.6. The van der Waals surface area contributed by atoms with Gasteiger partial charge in [0, 0.05) is 6.54 Å². The molecule has 0 saturated heterocycles. The predicted octanol–water partition coefficient (Wildman–Crippen LogP) is 5.01. The van der Waals surface area contributed by atoms with E-state index in [1.165, 1.54) is 5.56 Å². The Hall–Kier alpha value is -3.27. The van der Waals surface area contributed by atoms with E-state index < -0.39 is 12.2 Å². The van der Waals surface area contributed by atoms with Crippen molar-refractivity contribution in [1.82, 2.24) is 5.32 Å². The summed E-state index contributed by atoms with van der Waals surface area (Å²) in [6, 6.07) is 25.2. The van der Waals surface area contributed by atoms with Gasteiger partial charge in [0.25, 0.3) is 0 Å². The van der Waals surface area contributed by atoms with E-state index in [1.54, 1.807) is 6.07 Å². The third-order valence-electron chi connectivity index (χ3n) is 5.52. The highest BCUT2D eigenvalue weighted by Gasteiger charge is 2.23. The van der Waals surface area contributed by atoms with E-state index in [2.05, 4.69) is 11.4 Å². The SMILES string of the molecule is O=C(NCC1CCc2c(O)cccc2C1)OC(c1ccccc1)c1ccccc1. The van der Waals surface area contributed by atoms with Gasteiger partial charge in [0.15, 0.2) is 6.10 Å². The van der Waals surface area contributed by atoms with Crippen molar-refractivity contribution in [3.8, 4) is 5.75 Å². The number of benzene rings is 3. The van der Waals surface area contributed by atoms with E-state index in [1.807, 2.05) is 66.7 Å². The van der Waals surface area contributed by atoms with Crippen LogP contribution in [0.5, 0.6) is 5.75 Å². The summed E-state index contributed by atoms with van der Waals surface area (Å²) in [6.45, 7) is 0.560. The predicted molar refractivity (Wildman–Crippen MR) is 113 cm³/mol. The summed E-state index contributed by atoms with van der Waals surface area (Å²) < 4.78 is 5.81. The lowest BCUT2D eigenvalue weighted by atomic mass is 9.83. The third kappa shape index (κ3) is 4.60. The summed E-state index contributed by atoms with van der Waals surface area (Å²) >= 11 is 0. The topological polar surface area (TPSA) is 58.6 Å². The fourth-order valence-corrected chi connectivity index (χ4v) is 4.00. The van der Waals surface area contributed by atoms with Crippen LogP contribution in [-0.4, -0.2) is 17.7 Å². The number of ether oxygens (including phenoxy) is 1. The van der Waals surface area contributed by atoms with Crippen molar-refractivity contribution in [2.24, 2.45) is 5.92 Å². The molecule has 4 rings (SSSR count). The summed E-state index contributed by atoms with van der Waals surface area (Å²) in [5.74, 6) is 0.714. The minimum atomic E-state index is -0.443. The van der Waals surface area contributed by atoms with Gasteiger partial charge in [0.2, 0.25) is 0 Å². The first kappa shape index (κ1) is 19.1. The van der Waals surface area contributed by atoms with Crippen LogP contribution in [0.3, 0.4) is 0 Å². The molecule has 0 spiro atoms. The fraction of sp³-hybridized carbons (Fsp3) is 0.240. The molecule has 0 aromatic heterocycles. The summed E-state index contributed by atoms with van der Waals surface area (Å²) in [5, 5.41) is 12.9. The molecular weight excluding hydrogens is 362 g/mol. The molecule has 1 aliphatic rings. The van der Waals surface area contributed by atoms with Gasteiger partial charge < -0.3 is 15.2 Å². The van der Waals surface area contributed by atoms with Gasteiger partial charge in [-0.1, -0.05) is 72.8 Å². The molecule has 29 heavy (non-hydrogen) atoms. The molecule has 1 atom stereocenters. The Morgan fingerprint density at radius 3 is 2.28 bits per heavy atom. The summed E-state index contributed by atoms with van der Waals surface area (Å²) in [4.78, 5) is 12.6. The zero-order chi connectivity index (χ0) is 20.1. The van der Waals surface area contributed by atoms with Crippen molar-refractivity contribution in [3.05, 3.63) is 101 Å². The van der Waals surface area contributed by atoms with Gasteiger partial charge in [-0.25, -0.2) is 4.79 Å². The van der Waals surface area contributed by atoms with Crippen molar-refractivity contribution in [3.63, 3.8) is 0 Å². The van der Waals surface area contributed by atoms with Crippen LogP contribution < -0.4 is 5.32 Å². The van der Waals surface area contributed by atoms with Crippen molar-refractivity contribution in [2.45, 2.75) is 25.4 Å². The van der Waals surface area contributed by atoms with E-state index in [4.69, 9.17) is 4.74 Å². The molecule has 1 aliphatic carbocycles. The zero-order valence-corrected chi connectivity index (χ0v) is 16.3. The van der Waals surface area contributed by atoms with Crippen molar-refractivity contribution < 1.29 is 14.6 Å². The van der Waals surface area contributed by atoms with Crippen LogP contribution in [0.25, 0.3) is 0 Å². The maximum absolute atomic E-state index is 12.6. The smallest absolute Gasteiger partial charge is 0.408 e. The van der Waals surface area contributed by atoms with Gasteiger partial charge in [-0.05, 0) is 53.5 Å². The molecule has 3 aromatic rings. The number of phenols is 1. The second-order valence-electron chi connectivity index (χ2n) is 7.51. The molecule has 0 heterocycles. The van der Waals surface area contributed by atoms with Crippen LogP contribution in [0.2, 0.25) is 0 Å². The van der Waals surface area contributed by atoms with E-state index in [0.717, 1.165) is 36.0 Å². The van der Waals surface area contributed by atoms with Gasteiger partial charge in [-0.2, -0.15) is 0 Å². The number of carbonyl (C=O) groups is 1. The van der Waals surface area contributed by atoms with Crippen LogP contribution >= 0.6 is 0 Å². The Morgan fingerprint density at radius 1 is 0.966 bits per heavy atom. The van der Waals surface area contributed by atoms with Crippen LogP contribution in [0.4, 0.5) is 4.79 Å². The van der Waals surface area contributed by atoms with Crippen molar-refractivity contribution in [1.29, 1.82) is 0 Å². The molecule has 1 unspecified atom stereocenters. The van der Waals surface area contributed by atoms with E-state index >= 15 is 0 Å². The van der Waals surface area contributed by atoms with Crippen LogP contribution in [0, 0.1) is 5.92 Å². The number of aromatic hydroxyl groups is 1. The largest absolute Gasteiger partial charge is 0.508 e. The Bertz CT molecular complexity index is 917. The first-order chi connectivity index (χ1) is 14.2. The number of carbonyl (C=O) groups excluding carboxylic acids is 1. The average Bonchev–Trinajstić information content (AvgIpc) is 2.77. The van der Waals surface area contributed by atoms with Gasteiger partial charge in [-0.15, -0.1) is 0 Å². The molecule has 0 fully saturated rings. The number of nitrogens with one attached hydrogen (secondary N) is 1. The van der Waals surface area contributed by atoms with E-state index in [-0.39, 0.29) is 0 Å². The minimum Gasteiger partial charge on any atom is -0.508 e. The Morgan fingerprint density at radius 2 is 1.62 bits per heavy atom. The summed E-state index contributed by atoms with van der Waals surface area (Å²) in [6.07, 6.45) is 1.77. The van der Waals surface area contributed by atoms with Crippen LogP contribution in [0.15, 0.2) is 78.9 Å². The fourth-order valence-electron chi connectivity index (χ4n) is 4.00. The Kier molecular flexibility index (Phi) is 5.80. The Labute approximate surface area is 171 Å². The van der Waals surface area contributed by atoms with E-state index in [0.29, 0.717) is 18.2 Å². The lowest BCUT2D eigenvalue weighted by Gasteiger charge is -2.26. The van der Waals surface area contributed by atoms with Gasteiger partial charge >= 0.3 is 6.09 Å². The summed E-state index contributed by atoms with van der Waals surface area (Å²) in [7, 11) is 0. The van der Waals surface area contributed by atoms with E-state index in [9.17, 15) is 9.90 Å². The molecule has 4 nitrogen and oxygen atoms in total. The monoisotopic (exact) mass is 387 g/mol. The molecular formula is C25H25NO3. The Balaban J connectivity index is 1.39. The number of rotatable bonds is 5. The van der Waals surface area contributed by atoms with Gasteiger partial charge in [-0.3, -0.25) is 0 Å². The third-order valence-corrected chi connectivity index (χ3v) is 5.52. The highest BCUT2D eigenvalue weighted by atomic mass is 16.6. The quantitative estimate of drug-likeness (QED) is 0.647. The molecule has 4 heteroatoms. The van der Waals surface area contributed by atoms with Gasteiger partial charge in [0.1, 0.15) is 5.75 Å². The molecule has 3 aromatic carbocycles. The maximum Gasteiger partial charge on any atom is 0.408 e. The molecule has 0 radical (unpaired) electrons. The molecule has 1 amide bonds. The number of fused-ring (bicyclic) bond motifs is 1. The second kappa shape index (κ2) is 8.82. The summed E-state index contributed by atoms with van der Waals surface area (Å²) in [5.41, 5.74) is 4.09. The average molecular weight is 387 g/mol. The number of amides is 1. The second-order valence-corrected chi connectivity index (χ2v) is 7.51. The molecule has 148 valence electrons. The molecule has 0 aliphatic heterocycles. The molecule has 0 bridgehead atoms. The van der Waals surface area contributed by atoms with Crippen LogP contribution in [-0.2, 0) is 17.6 Å². The van der Waals surface area contributed by atoms with Crippen LogP contribution in [0.1, 0.15) is 34.8 Å². The number of alkyl carbamates (subject to hydrolysis) is 1. The molecule has 0 saturated carbocycles. The standard InChI is InChI=1S/C25H25NO3/c27-23-13-7-12-21-16-18(14-15-22(21)23)17-26-25(28)29-24(19-8-3-1-4-9-19)20-10-5-2-6-11-20/h1-13,18,24,27H,14-17H2,(H,26,28). The number of hydrogen-bond donors (Lipinski definition) is 2. The number of hydrogen-bond acceptors (Lipinski definition) is 3. The van der Waals surface area contributed by atoms with Crippen molar-refractivity contribution >= 4 is 6.09 Å². The van der Waals surface area contributed by atoms with Gasteiger partial charge in [0.05, 0.1) is 0 Å². The lowest BCUT2D eigenvalue weighted by Crippen LogP contribution is -2.33. The first-order valence-electron chi connectivity index (χ1n) is 10.0. The molecule has 2 N–H and O–H groups in total. The lowest BCUT2D eigenvalue weighted by molar-refractivity contribution is 0.115. The minimum absolute atomic E-state index is 0.337. The first-order valence-corrected chi connectivity index (χ1v) is 10.0.